The minimum atomic E-state index is -0.575. The molecule has 0 aliphatic rings. The molecule has 140 valence electrons. The standard InChI is InChI=1S/C20H25NO5/c1-20(2,3)26-25-19(22)16-8-6-7-9-17(16)21-13-14-10-11-15(23-4)12-18(14)24-5/h6-12,21H,13H2,1-5H3. The van der Waals surface area contributed by atoms with Gasteiger partial charge in [-0.05, 0) is 45.0 Å². The van der Waals surface area contributed by atoms with Gasteiger partial charge < -0.3 is 14.8 Å². The van der Waals surface area contributed by atoms with Crippen molar-refractivity contribution in [2.75, 3.05) is 19.5 Å². The average molecular weight is 359 g/mol. The second kappa shape index (κ2) is 8.58. The first-order chi connectivity index (χ1) is 12.3. The lowest BCUT2D eigenvalue weighted by Crippen LogP contribution is -2.22. The Balaban J connectivity index is 2.12. The molecule has 6 heteroatoms. The molecule has 0 fully saturated rings. The fraction of sp³-hybridized carbons (Fsp3) is 0.350. The Hall–Kier alpha value is -2.73. The highest BCUT2D eigenvalue weighted by molar-refractivity contribution is 5.95. The molecule has 0 radical (unpaired) electrons. The van der Waals surface area contributed by atoms with Crippen LogP contribution in [0.5, 0.6) is 11.5 Å². The zero-order chi connectivity index (χ0) is 19.2. The molecule has 0 heterocycles. The van der Waals surface area contributed by atoms with Crippen LogP contribution in [0, 0.1) is 0 Å². The second-order valence-corrected chi connectivity index (χ2v) is 6.64. The number of methoxy groups -OCH3 is 2. The Labute approximate surface area is 154 Å². The highest BCUT2D eigenvalue weighted by Gasteiger charge is 2.19. The highest BCUT2D eigenvalue weighted by atomic mass is 17.2. The lowest BCUT2D eigenvalue weighted by Gasteiger charge is -2.18. The van der Waals surface area contributed by atoms with E-state index in [0.717, 1.165) is 5.56 Å². The van der Waals surface area contributed by atoms with Gasteiger partial charge in [-0.2, -0.15) is 4.89 Å². The summed E-state index contributed by atoms with van der Waals surface area (Å²) in [6.07, 6.45) is 0. The maximum Gasteiger partial charge on any atom is 0.375 e. The number of carbonyl (C=O) groups excluding carboxylic acids is 1. The van der Waals surface area contributed by atoms with Crippen LogP contribution in [0.3, 0.4) is 0 Å². The number of nitrogens with one attached hydrogen (secondary N) is 1. The predicted molar refractivity (Wildman–Crippen MR) is 99.6 cm³/mol. The van der Waals surface area contributed by atoms with Gasteiger partial charge in [-0.3, -0.25) is 4.89 Å². The number of anilines is 1. The van der Waals surface area contributed by atoms with Gasteiger partial charge in [-0.25, -0.2) is 4.79 Å². The molecule has 26 heavy (non-hydrogen) atoms. The van der Waals surface area contributed by atoms with E-state index in [0.29, 0.717) is 29.3 Å². The van der Waals surface area contributed by atoms with Crippen LogP contribution in [0.1, 0.15) is 36.7 Å². The number of ether oxygens (including phenoxy) is 2. The third-order valence-electron chi connectivity index (χ3n) is 3.48. The molecule has 6 nitrogen and oxygen atoms in total. The first-order valence-corrected chi connectivity index (χ1v) is 8.28. The van der Waals surface area contributed by atoms with Gasteiger partial charge in [0.25, 0.3) is 0 Å². The van der Waals surface area contributed by atoms with Crippen molar-refractivity contribution < 1.29 is 24.0 Å². The van der Waals surface area contributed by atoms with E-state index in [4.69, 9.17) is 19.2 Å². The fourth-order valence-corrected chi connectivity index (χ4v) is 2.21. The Kier molecular flexibility index (Phi) is 6.46. The highest BCUT2D eigenvalue weighted by Crippen LogP contribution is 2.26. The number of carbonyl (C=O) groups is 1. The fourth-order valence-electron chi connectivity index (χ4n) is 2.21. The molecule has 0 amide bonds. The van der Waals surface area contributed by atoms with E-state index < -0.39 is 11.6 Å². The van der Waals surface area contributed by atoms with Gasteiger partial charge >= 0.3 is 5.97 Å². The lowest BCUT2D eigenvalue weighted by atomic mass is 10.1. The molecule has 2 rings (SSSR count). The van der Waals surface area contributed by atoms with Gasteiger partial charge in [0.15, 0.2) is 0 Å². The summed E-state index contributed by atoms with van der Waals surface area (Å²) in [7, 11) is 3.21. The SMILES string of the molecule is COc1ccc(CNc2ccccc2C(=O)OOC(C)(C)C)c(OC)c1. The van der Waals surface area contributed by atoms with Crippen molar-refractivity contribution in [1.82, 2.24) is 0 Å². The third kappa shape index (κ3) is 5.39. The molecule has 0 spiro atoms. The maximum absolute atomic E-state index is 12.3. The minimum absolute atomic E-state index is 0.393. The first-order valence-electron chi connectivity index (χ1n) is 8.28. The van der Waals surface area contributed by atoms with E-state index in [1.807, 2.05) is 30.3 Å². The molecule has 0 aromatic heterocycles. The summed E-state index contributed by atoms with van der Waals surface area (Å²) in [5.74, 6) is 0.867. The van der Waals surface area contributed by atoms with E-state index >= 15 is 0 Å². The number of hydrogen-bond acceptors (Lipinski definition) is 6. The van der Waals surface area contributed by atoms with Gasteiger partial charge in [0.1, 0.15) is 17.1 Å². The molecule has 0 atom stereocenters. The molecule has 0 bridgehead atoms. The molecule has 0 saturated carbocycles. The minimum Gasteiger partial charge on any atom is -0.497 e. The van der Waals surface area contributed by atoms with Crippen LogP contribution in [0.25, 0.3) is 0 Å². The van der Waals surface area contributed by atoms with Crippen LogP contribution < -0.4 is 14.8 Å². The van der Waals surface area contributed by atoms with Crippen molar-refractivity contribution in [3.63, 3.8) is 0 Å². The van der Waals surface area contributed by atoms with Crippen molar-refractivity contribution in [2.24, 2.45) is 0 Å². The maximum atomic E-state index is 12.3. The lowest BCUT2D eigenvalue weighted by molar-refractivity contribution is -0.301. The summed E-state index contributed by atoms with van der Waals surface area (Å²) in [6.45, 7) is 5.89. The summed E-state index contributed by atoms with van der Waals surface area (Å²) >= 11 is 0. The van der Waals surface area contributed by atoms with Crippen LogP contribution in [-0.2, 0) is 16.3 Å². The molecule has 0 aliphatic carbocycles. The average Bonchev–Trinajstić information content (AvgIpc) is 2.63. The van der Waals surface area contributed by atoms with E-state index in [2.05, 4.69) is 5.32 Å². The topological polar surface area (TPSA) is 66.0 Å². The summed E-state index contributed by atoms with van der Waals surface area (Å²) in [5.41, 5.74) is 1.40. The Morgan fingerprint density at radius 3 is 2.42 bits per heavy atom. The zero-order valence-corrected chi connectivity index (χ0v) is 15.8. The molecule has 1 N–H and O–H groups in total. The van der Waals surface area contributed by atoms with Crippen LogP contribution in [-0.4, -0.2) is 25.8 Å². The largest absolute Gasteiger partial charge is 0.497 e. The zero-order valence-electron chi connectivity index (χ0n) is 15.8. The number of rotatable bonds is 7. The predicted octanol–water partition coefficient (Wildman–Crippen LogP) is 4.20. The smallest absolute Gasteiger partial charge is 0.375 e. The van der Waals surface area contributed by atoms with E-state index in [1.54, 1.807) is 47.1 Å². The van der Waals surface area contributed by atoms with Crippen molar-refractivity contribution in [3.8, 4) is 11.5 Å². The second-order valence-electron chi connectivity index (χ2n) is 6.64. The van der Waals surface area contributed by atoms with Gasteiger partial charge in [0.05, 0.1) is 19.8 Å². The molecule has 0 saturated heterocycles. The Morgan fingerprint density at radius 2 is 1.77 bits per heavy atom. The van der Waals surface area contributed by atoms with Gasteiger partial charge in [0.2, 0.25) is 0 Å². The first kappa shape index (κ1) is 19.6. The van der Waals surface area contributed by atoms with Crippen molar-refractivity contribution in [2.45, 2.75) is 32.9 Å². The molecule has 2 aromatic carbocycles. The molecular formula is C20H25NO5. The van der Waals surface area contributed by atoms with Crippen molar-refractivity contribution in [1.29, 1.82) is 0 Å². The quantitative estimate of drug-likeness (QED) is 0.590. The van der Waals surface area contributed by atoms with Gasteiger partial charge in [-0.1, -0.05) is 12.1 Å². The number of hydrogen-bond donors (Lipinski definition) is 1. The van der Waals surface area contributed by atoms with Crippen molar-refractivity contribution >= 4 is 11.7 Å². The van der Waals surface area contributed by atoms with Crippen LogP contribution >= 0.6 is 0 Å². The monoisotopic (exact) mass is 359 g/mol. The summed E-state index contributed by atoms with van der Waals surface area (Å²) in [5, 5.41) is 3.24. The normalized spacial score (nSPS) is 11.0. The van der Waals surface area contributed by atoms with E-state index in [1.165, 1.54) is 0 Å². The summed E-state index contributed by atoms with van der Waals surface area (Å²) in [4.78, 5) is 22.4. The van der Waals surface area contributed by atoms with Crippen LogP contribution in [0.4, 0.5) is 5.69 Å². The number of benzene rings is 2. The molecular weight excluding hydrogens is 334 g/mol. The van der Waals surface area contributed by atoms with Crippen molar-refractivity contribution in [3.05, 3.63) is 53.6 Å². The van der Waals surface area contributed by atoms with Crippen LogP contribution in [0.15, 0.2) is 42.5 Å². The third-order valence-corrected chi connectivity index (χ3v) is 3.48. The summed E-state index contributed by atoms with van der Waals surface area (Å²) in [6, 6.07) is 12.7. The Bertz CT molecular complexity index is 752. The van der Waals surface area contributed by atoms with E-state index in [9.17, 15) is 4.79 Å². The van der Waals surface area contributed by atoms with E-state index in [-0.39, 0.29) is 0 Å². The van der Waals surface area contributed by atoms with Gasteiger partial charge in [0, 0.05) is 23.9 Å². The molecule has 2 aromatic rings. The molecule has 0 aliphatic heterocycles. The Morgan fingerprint density at radius 1 is 1.04 bits per heavy atom. The summed E-state index contributed by atoms with van der Waals surface area (Å²) < 4.78 is 10.6. The number of para-hydroxylation sites is 1. The molecule has 0 unspecified atom stereocenters. The van der Waals surface area contributed by atoms with Crippen LogP contribution in [0.2, 0.25) is 0 Å². The van der Waals surface area contributed by atoms with Gasteiger partial charge in [-0.15, -0.1) is 0 Å².